The first-order valence-corrected chi connectivity index (χ1v) is 9.89. The molecule has 3 aromatic rings. The fourth-order valence-electron chi connectivity index (χ4n) is 2.47. The van der Waals surface area contributed by atoms with Crippen molar-refractivity contribution in [3.63, 3.8) is 0 Å². The lowest BCUT2D eigenvalue weighted by atomic mass is 10.1. The van der Waals surface area contributed by atoms with Crippen molar-refractivity contribution in [1.29, 1.82) is 5.26 Å². The van der Waals surface area contributed by atoms with E-state index in [-0.39, 0.29) is 16.2 Å². The zero-order valence-electron chi connectivity index (χ0n) is 15.4. The molecule has 0 spiro atoms. The molecule has 1 heterocycles. The number of rotatable bonds is 6. The van der Waals surface area contributed by atoms with Crippen molar-refractivity contribution < 1.29 is 14.3 Å². The van der Waals surface area contributed by atoms with Crippen LogP contribution in [0.3, 0.4) is 0 Å². The number of nitriles is 1. The maximum Gasteiger partial charge on any atom is 0.414 e. The molecular weight excluding hydrogens is 474 g/mol. The minimum Gasteiger partial charge on any atom is -0.388 e. The van der Waals surface area contributed by atoms with Crippen LogP contribution in [-0.2, 0) is 6.42 Å². The molecule has 1 aromatic heterocycles. The molecule has 0 bridgehead atoms. The number of halogens is 2. The van der Waals surface area contributed by atoms with Crippen LogP contribution in [0.5, 0.6) is 5.88 Å². The quantitative estimate of drug-likeness (QED) is 0.478. The zero-order chi connectivity index (χ0) is 21.5. The molecule has 3 rings (SSSR count). The molecule has 30 heavy (non-hydrogen) atoms. The largest absolute Gasteiger partial charge is 0.414 e. The van der Waals surface area contributed by atoms with E-state index in [9.17, 15) is 9.59 Å². The predicted molar refractivity (Wildman–Crippen MR) is 115 cm³/mol. The Balaban J connectivity index is 1.52. The third kappa shape index (κ3) is 5.37. The first-order valence-electron chi connectivity index (χ1n) is 8.72. The predicted octanol–water partition coefficient (Wildman–Crippen LogP) is 4.28. The van der Waals surface area contributed by atoms with Crippen LogP contribution in [0, 0.1) is 11.3 Å². The Morgan fingerprint density at radius 2 is 1.93 bits per heavy atom. The number of amides is 2. The average Bonchev–Trinajstić information content (AvgIpc) is 3.08. The van der Waals surface area contributed by atoms with Crippen molar-refractivity contribution in [2.24, 2.45) is 0 Å². The molecule has 0 unspecified atom stereocenters. The summed E-state index contributed by atoms with van der Waals surface area (Å²) >= 11 is 9.26. The topological polar surface area (TPSA) is 120 Å². The van der Waals surface area contributed by atoms with Gasteiger partial charge in [0.2, 0.25) is 0 Å². The lowest BCUT2D eigenvalue weighted by Gasteiger charge is -2.06. The van der Waals surface area contributed by atoms with Gasteiger partial charge >= 0.3 is 6.09 Å². The molecule has 0 fully saturated rings. The van der Waals surface area contributed by atoms with E-state index >= 15 is 0 Å². The van der Waals surface area contributed by atoms with E-state index in [4.69, 9.17) is 21.6 Å². The number of nitrogens with one attached hydrogen (secondary N) is 3. The van der Waals surface area contributed by atoms with E-state index in [0.717, 1.165) is 5.56 Å². The zero-order valence-corrected chi connectivity index (χ0v) is 17.8. The summed E-state index contributed by atoms with van der Waals surface area (Å²) in [6, 6.07) is 15.7. The number of aromatic amines is 1. The first kappa shape index (κ1) is 21.4. The number of hydrogen-bond acceptors (Lipinski definition) is 5. The van der Waals surface area contributed by atoms with Gasteiger partial charge in [0, 0.05) is 6.54 Å². The van der Waals surface area contributed by atoms with E-state index in [1.54, 1.807) is 36.4 Å². The SMILES string of the molecule is N#Cc1ccc(CCNC(=O)Oc2n[nH]c(NC(=O)c3ccccc3Cl)c2Br)cc1. The highest BCUT2D eigenvalue weighted by atomic mass is 79.9. The van der Waals surface area contributed by atoms with Gasteiger partial charge in [-0.15, -0.1) is 5.10 Å². The molecule has 10 heteroatoms. The molecule has 3 N–H and O–H groups in total. The molecule has 0 atom stereocenters. The standard InChI is InChI=1S/C20H15BrClN5O3/c21-16-17(25-18(28)14-3-1-2-4-15(14)22)26-27-19(16)30-20(29)24-10-9-12-5-7-13(11-23)8-6-12/h1-8H,9-10H2,(H,24,29)(H2,25,26,27,28). The number of ether oxygens (including phenoxy) is 1. The lowest BCUT2D eigenvalue weighted by Crippen LogP contribution is -2.29. The Bertz CT molecular complexity index is 1110. The molecule has 2 amide bonds. The van der Waals surface area contributed by atoms with E-state index in [0.29, 0.717) is 29.1 Å². The Kier molecular flexibility index (Phi) is 7.06. The fourth-order valence-corrected chi connectivity index (χ4v) is 3.05. The summed E-state index contributed by atoms with van der Waals surface area (Å²) < 4.78 is 5.43. The monoisotopic (exact) mass is 487 g/mol. The van der Waals surface area contributed by atoms with Gasteiger partial charge in [-0.3, -0.25) is 9.89 Å². The van der Waals surface area contributed by atoms with Gasteiger partial charge in [-0.2, -0.15) is 5.26 Å². The number of aromatic nitrogens is 2. The molecule has 2 aromatic carbocycles. The summed E-state index contributed by atoms with van der Waals surface area (Å²) in [5.41, 5.74) is 1.84. The third-order valence-electron chi connectivity index (χ3n) is 3.99. The number of H-pyrrole nitrogens is 1. The van der Waals surface area contributed by atoms with E-state index in [1.165, 1.54) is 0 Å². The van der Waals surface area contributed by atoms with E-state index in [1.807, 2.05) is 18.2 Å². The Hall–Kier alpha value is -3.35. The second-order valence-electron chi connectivity index (χ2n) is 6.03. The van der Waals surface area contributed by atoms with Crippen LogP contribution in [-0.4, -0.2) is 28.7 Å². The molecule has 0 radical (unpaired) electrons. The highest BCUT2D eigenvalue weighted by Gasteiger charge is 2.18. The molecular formula is C20H15BrClN5O3. The molecule has 0 aliphatic heterocycles. The van der Waals surface area contributed by atoms with Crippen LogP contribution in [0.1, 0.15) is 21.5 Å². The van der Waals surface area contributed by atoms with Crippen molar-refractivity contribution >= 4 is 45.3 Å². The summed E-state index contributed by atoms with van der Waals surface area (Å²) in [6.07, 6.45) is -0.123. The molecule has 0 saturated heterocycles. The molecule has 0 aliphatic carbocycles. The second-order valence-corrected chi connectivity index (χ2v) is 7.23. The minimum absolute atomic E-state index is 0.0275. The third-order valence-corrected chi connectivity index (χ3v) is 5.05. The molecule has 152 valence electrons. The lowest BCUT2D eigenvalue weighted by molar-refractivity contribution is 0.102. The van der Waals surface area contributed by atoms with Crippen molar-refractivity contribution in [2.75, 3.05) is 11.9 Å². The van der Waals surface area contributed by atoms with Crippen LogP contribution in [0.25, 0.3) is 0 Å². The molecule has 8 nitrogen and oxygen atoms in total. The number of benzene rings is 2. The van der Waals surface area contributed by atoms with Crippen LogP contribution in [0.2, 0.25) is 5.02 Å². The summed E-state index contributed by atoms with van der Waals surface area (Å²) in [7, 11) is 0. The maximum atomic E-state index is 12.3. The molecule has 0 saturated carbocycles. The minimum atomic E-state index is -0.695. The van der Waals surface area contributed by atoms with E-state index in [2.05, 4.69) is 36.8 Å². The van der Waals surface area contributed by atoms with Gasteiger partial charge in [-0.05, 0) is 52.2 Å². The van der Waals surface area contributed by atoms with E-state index < -0.39 is 12.0 Å². The summed E-state index contributed by atoms with van der Waals surface area (Å²) in [6.45, 7) is 0.336. The van der Waals surface area contributed by atoms with Gasteiger partial charge in [0.1, 0.15) is 10.3 Å². The first-order chi connectivity index (χ1) is 14.5. The summed E-state index contributed by atoms with van der Waals surface area (Å²) in [5.74, 6) is -0.246. The van der Waals surface area contributed by atoms with Gasteiger partial charge in [0.15, 0.2) is 0 Å². The summed E-state index contributed by atoms with van der Waals surface area (Å²) in [4.78, 5) is 24.3. The van der Waals surface area contributed by atoms with Crippen LogP contribution in [0.15, 0.2) is 53.0 Å². The fraction of sp³-hybridized carbons (Fsp3) is 0.100. The summed E-state index contributed by atoms with van der Waals surface area (Å²) in [5, 5.41) is 20.8. The van der Waals surface area contributed by atoms with Gasteiger partial charge in [0.25, 0.3) is 11.8 Å². The normalized spacial score (nSPS) is 10.2. The Labute approximate surface area is 185 Å². The van der Waals surface area contributed by atoms with Crippen molar-refractivity contribution in [3.05, 3.63) is 74.7 Å². The maximum absolute atomic E-state index is 12.3. The van der Waals surface area contributed by atoms with Crippen LogP contribution in [0.4, 0.5) is 10.6 Å². The number of hydrogen-bond donors (Lipinski definition) is 3. The molecule has 0 aliphatic rings. The van der Waals surface area contributed by atoms with Gasteiger partial charge in [-0.1, -0.05) is 35.9 Å². The number of nitrogens with zero attached hydrogens (tertiary/aromatic N) is 2. The van der Waals surface area contributed by atoms with Gasteiger partial charge < -0.3 is 15.4 Å². The number of anilines is 1. The Morgan fingerprint density at radius 3 is 2.63 bits per heavy atom. The van der Waals surface area contributed by atoms with Crippen LogP contribution >= 0.6 is 27.5 Å². The average molecular weight is 489 g/mol. The smallest absolute Gasteiger partial charge is 0.388 e. The van der Waals surface area contributed by atoms with Gasteiger partial charge in [0.05, 0.1) is 22.2 Å². The number of carbonyl (C=O) groups excluding carboxylic acids is 2. The number of carbonyl (C=O) groups is 2. The second kappa shape index (κ2) is 9.91. The van der Waals surface area contributed by atoms with Crippen molar-refractivity contribution in [2.45, 2.75) is 6.42 Å². The van der Waals surface area contributed by atoms with Crippen molar-refractivity contribution in [3.8, 4) is 11.9 Å². The Morgan fingerprint density at radius 1 is 1.20 bits per heavy atom. The van der Waals surface area contributed by atoms with Crippen molar-refractivity contribution in [1.82, 2.24) is 15.5 Å². The van der Waals surface area contributed by atoms with Gasteiger partial charge in [-0.25, -0.2) is 4.79 Å². The highest BCUT2D eigenvalue weighted by Crippen LogP contribution is 2.30. The highest BCUT2D eigenvalue weighted by molar-refractivity contribution is 9.10. The van der Waals surface area contributed by atoms with Crippen LogP contribution < -0.4 is 15.4 Å².